The Morgan fingerprint density at radius 3 is 2.88 bits per heavy atom. The highest BCUT2D eigenvalue weighted by Crippen LogP contribution is 2.23. The minimum atomic E-state index is -0.345. The van der Waals surface area contributed by atoms with E-state index in [4.69, 9.17) is 4.74 Å². The zero-order chi connectivity index (χ0) is 17.5. The molecule has 0 aromatic heterocycles. The van der Waals surface area contributed by atoms with Gasteiger partial charge in [-0.25, -0.2) is 4.39 Å². The van der Waals surface area contributed by atoms with Crippen LogP contribution in [0, 0.1) is 11.7 Å². The van der Waals surface area contributed by atoms with Gasteiger partial charge in [-0.05, 0) is 37.5 Å². The molecule has 0 saturated carbocycles. The Kier molecular flexibility index (Phi) is 6.73. The van der Waals surface area contributed by atoms with Gasteiger partial charge in [-0.15, -0.1) is 0 Å². The van der Waals surface area contributed by atoms with E-state index in [0.717, 1.165) is 12.8 Å². The second-order valence-corrected chi connectivity index (χ2v) is 6.26. The molecule has 0 aliphatic carbocycles. The summed E-state index contributed by atoms with van der Waals surface area (Å²) in [5.74, 6) is -0.651. The Bertz CT molecular complexity index is 579. The van der Waals surface area contributed by atoms with Crippen LogP contribution >= 0.6 is 0 Å². The van der Waals surface area contributed by atoms with Gasteiger partial charge in [-0.2, -0.15) is 0 Å². The number of carbonyl (C=O) groups is 2. The highest BCUT2D eigenvalue weighted by Gasteiger charge is 2.32. The number of hydrogen-bond acceptors (Lipinski definition) is 3. The minimum Gasteiger partial charge on any atom is -0.383 e. The molecule has 1 aliphatic heterocycles. The molecule has 132 valence electrons. The second kappa shape index (κ2) is 8.78. The first-order valence-corrected chi connectivity index (χ1v) is 8.31. The van der Waals surface area contributed by atoms with E-state index in [-0.39, 0.29) is 36.0 Å². The number of nitrogens with one attached hydrogen (secondary N) is 1. The molecule has 6 heteroatoms. The number of carbonyl (C=O) groups excluding carboxylic acids is 2. The van der Waals surface area contributed by atoms with Gasteiger partial charge in [0.05, 0.1) is 18.9 Å². The first-order chi connectivity index (χ1) is 11.5. The zero-order valence-corrected chi connectivity index (χ0v) is 14.3. The van der Waals surface area contributed by atoms with E-state index in [1.54, 1.807) is 24.1 Å². The maximum Gasteiger partial charge on any atom is 0.227 e. The smallest absolute Gasteiger partial charge is 0.227 e. The van der Waals surface area contributed by atoms with E-state index in [2.05, 4.69) is 5.32 Å². The number of benzene rings is 1. The van der Waals surface area contributed by atoms with Crippen molar-refractivity contribution in [3.63, 3.8) is 0 Å². The zero-order valence-electron chi connectivity index (χ0n) is 14.3. The van der Waals surface area contributed by atoms with E-state index in [1.165, 1.54) is 12.1 Å². The molecule has 1 N–H and O–H groups in total. The van der Waals surface area contributed by atoms with Crippen LogP contribution in [0.1, 0.15) is 25.3 Å². The monoisotopic (exact) mass is 336 g/mol. The normalized spacial score (nSPS) is 20.7. The number of methoxy groups -OCH3 is 1. The molecule has 0 radical (unpaired) electrons. The van der Waals surface area contributed by atoms with E-state index in [1.807, 2.05) is 6.92 Å². The summed E-state index contributed by atoms with van der Waals surface area (Å²) in [5.41, 5.74) is 0.652. The molecule has 1 aromatic carbocycles. The van der Waals surface area contributed by atoms with E-state index in [9.17, 15) is 14.0 Å². The van der Waals surface area contributed by atoms with E-state index < -0.39 is 0 Å². The Morgan fingerprint density at radius 1 is 1.38 bits per heavy atom. The van der Waals surface area contributed by atoms with Gasteiger partial charge in [-0.1, -0.05) is 12.1 Å². The molecule has 2 rings (SSSR count). The highest BCUT2D eigenvalue weighted by atomic mass is 19.1. The standard InChI is InChI=1S/C18H25FN2O3/c1-13-6-7-15(18(23)20-8-9-24-2)12-21(13)17(22)11-14-4-3-5-16(19)10-14/h3-5,10,13,15H,6-9,11-12H2,1-2H3,(H,20,23)/t13-,15+/m0/s1. The predicted molar refractivity (Wildman–Crippen MR) is 88.9 cm³/mol. The lowest BCUT2D eigenvalue weighted by Gasteiger charge is -2.37. The fourth-order valence-electron chi connectivity index (χ4n) is 3.01. The summed E-state index contributed by atoms with van der Waals surface area (Å²) >= 11 is 0. The first-order valence-electron chi connectivity index (χ1n) is 8.31. The third-order valence-corrected chi connectivity index (χ3v) is 4.42. The summed E-state index contributed by atoms with van der Waals surface area (Å²) in [5, 5.41) is 2.83. The van der Waals surface area contributed by atoms with Crippen LogP contribution in [0.15, 0.2) is 24.3 Å². The van der Waals surface area contributed by atoms with Crippen molar-refractivity contribution in [2.75, 3.05) is 26.8 Å². The van der Waals surface area contributed by atoms with Crippen molar-refractivity contribution >= 4 is 11.8 Å². The van der Waals surface area contributed by atoms with Gasteiger partial charge in [-0.3, -0.25) is 9.59 Å². The van der Waals surface area contributed by atoms with Crippen LogP contribution < -0.4 is 5.32 Å². The summed E-state index contributed by atoms with van der Waals surface area (Å²) < 4.78 is 18.2. The number of hydrogen-bond donors (Lipinski definition) is 1. The molecule has 1 heterocycles. The first kappa shape index (κ1) is 18.4. The third kappa shape index (κ3) is 5.03. The fourth-order valence-corrected chi connectivity index (χ4v) is 3.01. The summed E-state index contributed by atoms with van der Waals surface area (Å²) in [6, 6.07) is 6.17. The SMILES string of the molecule is COCCNC(=O)[C@@H]1CC[C@H](C)N(C(=O)Cc2cccc(F)c2)C1. The van der Waals surface area contributed by atoms with Gasteiger partial charge in [0.1, 0.15) is 5.82 Å². The van der Waals surface area contributed by atoms with Crippen molar-refractivity contribution in [2.45, 2.75) is 32.2 Å². The molecule has 0 unspecified atom stereocenters. The van der Waals surface area contributed by atoms with Crippen LogP contribution in [0.5, 0.6) is 0 Å². The summed E-state index contributed by atoms with van der Waals surface area (Å²) in [4.78, 5) is 26.5. The Balaban J connectivity index is 1.94. The number of rotatable bonds is 6. The Hall–Kier alpha value is -1.95. The number of piperidine rings is 1. The van der Waals surface area contributed by atoms with Crippen molar-refractivity contribution < 1.29 is 18.7 Å². The highest BCUT2D eigenvalue weighted by molar-refractivity contribution is 5.82. The second-order valence-electron chi connectivity index (χ2n) is 6.26. The van der Waals surface area contributed by atoms with Gasteiger partial charge in [0.25, 0.3) is 0 Å². The fraction of sp³-hybridized carbons (Fsp3) is 0.556. The average molecular weight is 336 g/mol. The number of likely N-dealkylation sites (tertiary alicyclic amines) is 1. The quantitative estimate of drug-likeness (QED) is 0.806. The molecular weight excluding hydrogens is 311 g/mol. The van der Waals surface area contributed by atoms with Gasteiger partial charge in [0, 0.05) is 26.2 Å². The van der Waals surface area contributed by atoms with Crippen molar-refractivity contribution in [3.05, 3.63) is 35.6 Å². The van der Waals surface area contributed by atoms with E-state index >= 15 is 0 Å². The van der Waals surface area contributed by atoms with Crippen molar-refractivity contribution in [2.24, 2.45) is 5.92 Å². The Morgan fingerprint density at radius 2 is 2.17 bits per heavy atom. The number of ether oxygens (including phenoxy) is 1. The number of halogens is 1. The molecule has 0 bridgehead atoms. The topological polar surface area (TPSA) is 58.6 Å². The lowest BCUT2D eigenvalue weighted by molar-refractivity contribution is -0.137. The number of amides is 2. The van der Waals surface area contributed by atoms with Crippen LogP contribution in [0.4, 0.5) is 4.39 Å². The molecule has 2 atom stereocenters. The third-order valence-electron chi connectivity index (χ3n) is 4.42. The van der Waals surface area contributed by atoms with Gasteiger partial charge >= 0.3 is 0 Å². The lowest BCUT2D eigenvalue weighted by Crippen LogP contribution is -2.50. The molecule has 1 saturated heterocycles. The van der Waals surface area contributed by atoms with Crippen molar-refractivity contribution in [1.82, 2.24) is 10.2 Å². The average Bonchev–Trinajstić information content (AvgIpc) is 2.55. The van der Waals surface area contributed by atoms with Crippen LogP contribution in [-0.4, -0.2) is 49.6 Å². The predicted octanol–water partition coefficient (Wildman–Crippen LogP) is 1.76. The van der Waals surface area contributed by atoms with Crippen LogP contribution in [-0.2, 0) is 20.7 Å². The van der Waals surface area contributed by atoms with Crippen molar-refractivity contribution in [3.8, 4) is 0 Å². The van der Waals surface area contributed by atoms with Gasteiger partial charge in [0.15, 0.2) is 0 Å². The van der Waals surface area contributed by atoms with Crippen LogP contribution in [0.3, 0.4) is 0 Å². The maximum absolute atomic E-state index is 13.3. The van der Waals surface area contributed by atoms with Gasteiger partial charge < -0.3 is 15.0 Å². The molecule has 1 aromatic rings. The maximum atomic E-state index is 13.3. The minimum absolute atomic E-state index is 0.0393. The summed E-state index contributed by atoms with van der Waals surface area (Å²) in [6.07, 6.45) is 1.71. The molecule has 0 spiro atoms. The largest absolute Gasteiger partial charge is 0.383 e. The summed E-state index contributed by atoms with van der Waals surface area (Å²) in [6.45, 7) is 3.34. The Labute approximate surface area is 142 Å². The van der Waals surface area contributed by atoms with Gasteiger partial charge in [0.2, 0.25) is 11.8 Å². The molecule has 5 nitrogen and oxygen atoms in total. The molecule has 1 aliphatic rings. The van der Waals surface area contributed by atoms with E-state index in [0.29, 0.717) is 25.3 Å². The summed E-state index contributed by atoms with van der Waals surface area (Å²) in [7, 11) is 1.58. The number of nitrogens with zero attached hydrogens (tertiary/aromatic N) is 1. The molecule has 2 amide bonds. The van der Waals surface area contributed by atoms with Crippen LogP contribution in [0.25, 0.3) is 0 Å². The molecule has 1 fully saturated rings. The molecule has 24 heavy (non-hydrogen) atoms. The van der Waals surface area contributed by atoms with Crippen molar-refractivity contribution in [1.29, 1.82) is 0 Å². The van der Waals surface area contributed by atoms with Crippen LogP contribution in [0.2, 0.25) is 0 Å². The molecular formula is C18H25FN2O3. The lowest BCUT2D eigenvalue weighted by atomic mass is 9.92.